The molecule has 124 valence electrons. The van der Waals surface area contributed by atoms with Crippen molar-refractivity contribution < 1.29 is 9.53 Å². The molecule has 0 aliphatic rings. The van der Waals surface area contributed by atoms with Crippen LogP contribution in [-0.2, 0) is 29.7 Å². The molecule has 0 bridgehead atoms. The summed E-state index contributed by atoms with van der Waals surface area (Å²) in [4.78, 5) is 14.3. The average Bonchev–Trinajstić information content (AvgIpc) is 2.95. The summed E-state index contributed by atoms with van der Waals surface area (Å²) in [6.45, 7) is 5.61. The van der Waals surface area contributed by atoms with Crippen molar-refractivity contribution in [1.29, 1.82) is 0 Å². The maximum atomic E-state index is 12.4. The summed E-state index contributed by atoms with van der Waals surface area (Å²) in [6.07, 6.45) is 4.13. The zero-order chi connectivity index (χ0) is 16.7. The van der Waals surface area contributed by atoms with Crippen LogP contribution in [-0.4, -0.2) is 33.2 Å². The fourth-order valence-corrected chi connectivity index (χ4v) is 2.38. The van der Waals surface area contributed by atoms with Crippen LogP contribution in [0.3, 0.4) is 0 Å². The van der Waals surface area contributed by atoms with Gasteiger partial charge in [-0.2, -0.15) is 5.10 Å². The van der Waals surface area contributed by atoms with Crippen molar-refractivity contribution in [1.82, 2.24) is 14.7 Å². The first-order valence-corrected chi connectivity index (χ1v) is 7.95. The zero-order valence-corrected chi connectivity index (χ0v) is 14.1. The first kappa shape index (κ1) is 17.2. The Morgan fingerprint density at radius 2 is 2.00 bits per heavy atom. The van der Waals surface area contributed by atoms with Crippen LogP contribution in [0.1, 0.15) is 31.4 Å². The number of ether oxygens (including phenoxy) is 1. The summed E-state index contributed by atoms with van der Waals surface area (Å²) >= 11 is 0. The third-order valence-corrected chi connectivity index (χ3v) is 3.63. The normalized spacial score (nSPS) is 11.0. The predicted molar refractivity (Wildman–Crippen MR) is 89.6 cm³/mol. The third kappa shape index (κ3) is 5.53. The number of aryl methyl sites for hydroxylation is 1. The van der Waals surface area contributed by atoms with Crippen molar-refractivity contribution in [3.05, 3.63) is 53.9 Å². The van der Waals surface area contributed by atoms with Crippen LogP contribution in [0.15, 0.2) is 42.7 Å². The smallest absolute Gasteiger partial charge is 0.225 e. The molecule has 0 radical (unpaired) electrons. The minimum absolute atomic E-state index is 0.108. The Hall–Kier alpha value is -2.14. The van der Waals surface area contributed by atoms with Crippen LogP contribution in [0.4, 0.5) is 0 Å². The highest BCUT2D eigenvalue weighted by molar-refractivity contribution is 5.76. The molecule has 1 amide bonds. The van der Waals surface area contributed by atoms with Crippen LogP contribution in [0.2, 0.25) is 0 Å². The molecule has 2 rings (SSSR count). The van der Waals surface area contributed by atoms with Gasteiger partial charge in [0, 0.05) is 31.4 Å². The van der Waals surface area contributed by atoms with E-state index in [2.05, 4.69) is 5.10 Å². The number of carbonyl (C=O) groups excluding carboxylic acids is 1. The van der Waals surface area contributed by atoms with E-state index in [0.29, 0.717) is 26.2 Å². The minimum atomic E-state index is 0.108. The van der Waals surface area contributed by atoms with Gasteiger partial charge in [-0.15, -0.1) is 0 Å². The Balaban J connectivity index is 1.79. The summed E-state index contributed by atoms with van der Waals surface area (Å²) in [5.41, 5.74) is 2.16. The minimum Gasteiger partial charge on any atom is -0.376 e. The highest BCUT2D eigenvalue weighted by atomic mass is 16.5. The van der Waals surface area contributed by atoms with E-state index in [-0.39, 0.29) is 11.9 Å². The fourth-order valence-electron chi connectivity index (χ4n) is 2.38. The molecule has 23 heavy (non-hydrogen) atoms. The number of carbonyl (C=O) groups is 1. The second kappa shape index (κ2) is 8.48. The molecule has 0 saturated carbocycles. The van der Waals surface area contributed by atoms with E-state index in [4.69, 9.17) is 4.74 Å². The highest BCUT2D eigenvalue weighted by Crippen LogP contribution is 2.10. The van der Waals surface area contributed by atoms with Crippen LogP contribution in [0, 0.1) is 0 Å². The lowest BCUT2D eigenvalue weighted by Crippen LogP contribution is -2.36. The van der Waals surface area contributed by atoms with Crippen molar-refractivity contribution in [2.45, 2.75) is 39.5 Å². The summed E-state index contributed by atoms with van der Waals surface area (Å²) < 4.78 is 7.36. The van der Waals surface area contributed by atoms with Crippen LogP contribution < -0.4 is 0 Å². The van der Waals surface area contributed by atoms with Gasteiger partial charge in [0.25, 0.3) is 0 Å². The van der Waals surface area contributed by atoms with Crippen molar-refractivity contribution >= 4 is 5.91 Å². The highest BCUT2D eigenvalue weighted by Gasteiger charge is 2.17. The second-order valence-electron chi connectivity index (χ2n) is 5.93. The van der Waals surface area contributed by atoms with E-state index < -0.39 is 0 Å². The first-order chi connectivity index (χ1) is 11.1. The van der Waals surface area contributed by atoms with Gasteiger partial charge in [-0.25, -0.2) is 0 Å². The lowest BCUT2D eigenvalue weighted by Gasteiger charge is -2.26. The van der Waals surface area contributed by atoms with Gasteiger partial charge in [-0.3, -0.25) is 9.48 Å². The quantitative estimate of drug-likeness (QED) is 0.704. The number of benzene rings is 1. The van der Waals surface area contributed by atoms with Crippen molar-refractivity contribution in [2.75, 3.05) is 6.61 Å². The molecule has 1 aromatic heterocycles. The van der Waals surface area contributed by atoms with Crippen molar-refractivity contribution in [3.63, 3.8) is 0 Å². The lowest BCUT2D eigenvalue weighted by atomic mass is 10.2. The van der Waals surface area contributed by atoms with E-state index in [1.54, 1.807) is 10.9 Å². The molecule has 5 heteroatoms. The molecular weight excluding hydrogens is 290 g/mol. The molecule has 0 aliphatic heterocycles. The zero-order valence-electron chi connectivity index (χ0n) is 14.1. The standard InChI is InChI=1S/C18H25N3O2/c1-15(2)21(13-17-11-19-20(3)12-17)18(22)9-10-23-14-16-7-5-4-6-8-16/h4-8,11-12,15H,9-10,13-14H2,1-3H3. The number of rotatable bonds is 8. The lowest BCUT2D eigenvalue weighted by molar-refractivity contribution is -0.134. The largest absolute Gasteiger partial charge is 0.376 e. The molecular formula is C18H25N3O2. The van der Waals surface area contributed by atoms with Gasteiger partial charge < -0.3 is 9.64 Å². The van der Waals surface area contributed by atoms with Gasteiger partial charge in [0.05, 0.1) is 25.8 Å². The fraction of sp³-hybridized carbons (Fsp3) is 0.444. The van der Waals surface area contributed by atoms with Gasteiger partial charge in [-0.1, -0.05) is 30.3 Å². The van der Waals surface area contributed by atoms with E-state index in [1.807, 2.05) is 62.3 Å². The summed E-state index contributed by atoms with van der Waals surface area (Å²) in [6, 6.07) is 10.1. The number of hydrogen-bond donors (Lipinski definition) is 0. The van der Waals surface area contributed by atoms with Crippen LogP contribution in [0.5, 0.6) is 0 Å². The molecule has 5 nitrogen and oxygen atoms in total. The Bertz CT molecular complexity index is 608. The molecule has 0 unspecified atom stereocenters. The van der Waals surface area contributed by atoms with Gasteiger partial charge in [0.2, 0.25) is 5.91 Å². The molecule has 1 aromatic carbocycles. The van der Waals surface area contributed by atoms with E-state index in [0.717, 1.165) is 11.1 Å². The summed E-state index contributed by atoms with van der Waals surface area (Å²) in [5, 5.41) is 4.15. The molecule has 0 aliphatic carbocycles. The van der Waals surface area contributed by atoms with Gasteiger partial charge in [0.1, 0.15) is 0 Å². The third-order valence-electron chi connectivity index (χ3n) is 3.63. The van der Waals surface area contributed by atoms with E-state index in [9.17, 15) is 4.79 Å². The Morgan fingerprint density at radius 3 is 2.61 bits per heavy atom. The van der Waals surface area contributed by atoms with Crippen molar-refractivity contribution in [3.8, 4) is 0 Å². The molecule has 1 heterocycles. The monoisotopic (exact) mass is 315 g/mol. The SMILES string of the molecule is CC(C)N(Cc1cnn(C)c1)C(=O)CCOCc1ccccc1. The molecule has 0 spiro atoms. The maximum Gasteiger partial charge on any atom is 0.225 e. The topological polar surface area (TPSA) is 47.4 Å². The van der Waals surface area contributed by atoms with Gasteiger partial charge in [0.15, 0.2) is 0 Å². The van der Waals surface area contributed by atoms with Crippen LogP contribution >= 0.6 is 0 Å². The van der Waals surface area contributed by atoms with Crippen molar-refractivity contribution in [2.24, 2.45) is 7.05 Å². The molecule has 2 aromatic rings. The molecule has 0 N–H and O–H groups in total. The Labute approximate surface area is 137 Å². The van der Waals surface area contributed by atoms with Gasteiger partial charge >= 0.3 is 0 Å². The first-order valence-electron chi connectivity index (χ1n) is 7.95. The predicted octanol–water partition coefficient (Wildman–Crippen LogP) is 2.76. The Kier molecular flexibility index (Phi) is 6.35. The Morgan fingerprint density at radius 1 is 1.26 bits per heavy atom. The summed E-state index contributed by atoms with van der Waals surface area (Å²) in [5.74, 6) is 0.108. The average molecular weight is 315 g/mol. The van der Waals surface area contributed by atoms with E-state index >= 15 is 0 Å². The van der Waals surface area contributed by atoms with Crippen LogP contribution in [0.25, 0.3) is 0 Å². The molecule has 0 saturated heterocycles. The summed E-state index contributed by atoms with van der Waals surface area (Å²) in [7, 11) is 1.88. The van der Waals surface area contributed by atoms with E-state index in [1.165, 1.54) is 0 Å². The second-order valence-corrected chi connectivity index (χ2v) is 5.93. The van der Waals surface area contributed by atoms with Gasteiger partial charge in [-0.05, 0) is 19.4 Å². The number of amides is 1. The number of aromatic nitrogens is 2. The number of nitrogens with zero attached hydrogens (tertiary/aromatic N) is 3. The molecule has 0 atom stereocenters. The maximum absolute atomic E-state index is 12.4. The number of hydrogen-bond acceptors (Lipinski definition) is 3. The molecule has 0 fully saturated rings.